The van der Waals surface area contributed by atoms with Crippen LogP contribution >= 0.6 is 19.0 Å². The fourth-order valence-electron chi connectivity index (χ4n) is 0.638. The number of halogens is 4. The third-order valence-electron chi connectivity index (χ3n) is 1.15. The van der Waals surface area contributed by atoms with Gasteiger partial charge in [-0.05, 0) is 11.2 Å². The highest BCUT2D eigenvalue weighted by molar-refractivity contribution is 7.76. The molecule has 1 rings (SSSR count). The summed E-state index contributed by atoms with van der Waals surface area (Å²) in [5.74, 6) is 0. The lowest BCUT2D eigenvalue weighted by Crippen LogP contribution is -2.33. The van der Waals surface area contributed by atoms with E-state index >= 15 is 0 Å². The molecule has 2 nitrogen and oxygen atoms in total. The van der Waals surface area contributed by atoms with Gasteiger partial charge in [-0.25, -0.2) is 0 Å². The zero-order valence-corrected chi connectivity index (χ0v) is 6.92. The van der Waals surface area contributed by atoms with E-state index < -0.39 is 20.0 Å². The van der Waals surface area contributed by atoms with Crippen molar-refractivity contribution in [1.29, 1.82) is 0 Å². The minimum atomic E-state index is -4.32. The molecule has 0 amide bonds. The van der Waals surface area contributed by atoms with Crippen LogP contribution in [-0.2, 0) is 9.05 Å². The third-order valence-corrected chi connectivity index (χ3v) is 2.49. The molecule has 0 aromatic rings. The van der Waals surface area contributed by atoms with Crippen LogP contribution in [0.1, 0.15) is 6.42 Å². The van der Waals surface area contributed by atoms with E-state index in [0.29, 0.717) is 0 Å². The average molecular weight is 209 g/mol. The van der Waals surface area contributed by atoms with E-state index in [2.05, 4.69) is 9.05 Å². The van der Waals surface area contributed by atoms with Gasteiger partial charge in [-0.15, -0.1) is 0 Å². The summed E-state index contributed by atoms with van der Waals surface area (Å²) in [6.07, 6.45) is -6.24. The van der Waals surface area contributed by atoms with Crippen molar-refractivity contribution in [1.82, 2.24) is 0 Å². The predicted octanol–water partition coefficient (Wildman–Crippen LogP) is 2.82. The van der Waals surface area contributed by atoms with Crippen LogP contribution in [0.3, 0.4) is 0 Å². The zero-order valence-electron chi connectivity index (χ0n) is 5.27. The second-order valence-corrected chi connectivity index (χ2v) is 3.69. The van der Waals surface area contributed by atoms with Crippen molar-refractivity contribution >= 4 is 19.0 Å². The first-order valence-corrected chi connectivity index (χ1v) is 4.90. The molecular weight excluding hydrogens is 203 g/mol. The molecular formula is C4H5ClF3O2P. The highest BCUT2D eigenvalue weighted by atomic mass is 35.7. The zero-order chi connectivity index (χ0) is 8.48. The van der Waals surface area contributed by atoms with E-state index in [1.54, 1.807) is 0 Å². The summed E-state index contributed by atoms with van der Waals surface area (Å²) < 4.78 is 44.6. The molecule has 1 aliphatic heterocycles. The van der Waals surface area contributed by atoms with Crippen molar-refractivity contribution in [3.63, 3.8) is 0 Å². The normalized spacial score (nSPS) is 33.8. The smallest absolute Gasteiger partial charge is 0.322 e. The topological polar surface area (TPSA) is 18.5 Å². The number of hydrogen-bond donors (Lipinski definition) is 0. The number of alkyl halides is 3. The van der Waals surface area contributed by atoms with E-state index in [0.717, 1.165) is 0 Å². The number of hydrogen-bond acceptors (Lipinski definition) is 2. The Morgan fingerprint density at radius 3 is 2.45 bits per heavy atom. The van der Waals surface area contributed by atoms with Crippen molar-refractivity contribution < 1.29 is 22.2 Å². The third kappa shape index (κ3) is 2.75. The van der Waals surface area contributed by atoms with Gasteiger partial charge in [0, 0.05) is 6.42 Å². The SMILES string of the molecule is FC(F)(F)C1CCOP(Cl)O1. The summed E-state index contributed by atoms with van der Waals surface area (Å²) in [4.78, 5) is 0. The van der Waals surface area contributed by atoms with Crippen LogP contribution in [0, 0.1) is 0 Å². The maximum absolute atomic E-state index is 11.9. The van der Waals surface area contributed by atoms with E-state index in [-0.39, 0.29) is 13.0 Å². The highest BCUT2D eigenvalue weighted by Crippen LogP contribution is 2.51. The fraction of sp³-hybridized carbons (Fsp3) is 1.00. The molecule has 1 aliphatic rings. The lowest BCUT2D eigenvalue weighted by atomic mass is 10.2. The lowest BCUT2D eigenvalue weighted by molar-refractivity contribution is -0.203. The first kappa shape index (κ1) is 9.52. The molecule has 1 saturated heterocycles. The molecule has 2 unspecified atom stereocenters. The van der Waals surface area contributed by atoms with Gasteiger partial charge in [-0.3, -0.25) is 0 Å². The number of rotatable bonds is 0. The average Bonchev–Trinajstić information content (AvgIpc) is 1.86. The molecule has 2 atom stereocenters. The second-order valence-electron chi connectivity index (χ2n) is 1.97. The second kappa shape index (κ2) is 3.44. The Balaban J connectivity index is 2.46. The molecule has 66 valence electrons. The Bertz CT molecular complexity index is 142. The van der Waals surface area contributed by atoms with Gasteiger partial charge in [-0.2, -0.15) is 13.2 Å². The van der Waals surface area contributed by atoms with Gasteiger partial charge < -0.3 is 9.05 Å². The van der Waals surface area contributed by atoms with Crippen LogP contribution < -0.4 is 0 Å². The van der Waals surface area contributed by atoms with Crippen LogP contribution in [-0.4, -0.2) is 18.9 Å². The quantitative estimate of drug-likeness (QED) is 0.570. The molecule has 0 aromatic carbocycles. The highest BCUT2D eigenvalue weighted by Gasteiger charge is 2.44. The van der Waals surface area contributed by atoms with Crippen LogP contribution in [0.15, 0.2) is 0 Å². The van der Waals surface area contributed by atoms with E-state index in [9.17, 15) is 13.2 Å². The van der Waals surface area contributed by atoms with E-state index in [1.165, 1.54) is 0 Å². The Kier molecular flexibility index (Phi) is 2.97. The minimum absolute atomic E-state index is 0.0133. The molecule has 0 spiro atoms. The lowest BCUT2D eigenvalue weighted by Gasteiger charge is -2.26. The summed E-state index contributed by atoms with van der Waals surface area (Å²) in [6, 6.07) is 0. The first-order valence-electron chi connectivity index (χ1n) is 2.82. The predicted molar refractivity (Wildman–Crippen MR) is 34.3 cm³/mol. The van der Waals surface area contributed by atoms with Crippen molar-refractivity contribution in [3.8, 4) is 0 Å². The Hall–Kier alpha value is 0.430. The van der Waals surface area contributed by atoms with Crippen molar-refractivity contribution in [3.05, 3.63) is 0 Å². The first-order chi connectivity index (χ1) is 5.00. The van der Waals surface area contributed by atoms with E-state index in [4.69, 9.17) is 11.2 Å². The molecule has 0 radical (unpaired) electrons. The van der Waals surface area contributed by atoms with Crippen molar-refractivity contribution in [2.75, 3.05) is 6.61 Å². The molecule has 0 saturated carbocycles. The van der Waals surface area contributed by atoms with Gasteiger partial charge in [-0.1, -0.05) is 0 Å². The van der Waals surface area contributed by atoms with Gasteiger partial charge >= 0.3 is 6.18 Å². The van der Waals surface area contributed by atoms with Gasteiger partial charge in [0.2, 0.25) is 0 Å². The van der Waals surface area contributed by atoms with E-state index in [1.807, 2.05) is 0 Å². The van der Waals surface area contributed by atoms with Gasteiger partial charge in [0.05, 0.1) is 6.61 Å². The Labute approximate surface area is 67.3 Å². The molecule has 7 heteroatoms. The van der Waals surface area contributed by atoms with Crippen molar-refractivity contribution in [2.24, 2.45) is 0 Å². The fourth-order valence-corrected chi connectivity index (χ4v) is 1.87. The molecule has 0 aliphatic carbocycles. The summed E-state index contributed by atoms with van der Waals surface area (Å²) in [7, 11) is -1.84. The standard InChI is InChI=1S/C4H5ClF3O2P/c5-11-9-2-1-3(10-11)4(6,7)8/h3H,1-2H2. The van der Waals surface area contributed by atoms with Crippen LogP contribution in [0.4, 0.5) is 13.2 Å². The largest absolute Gasteiger partial charge is 0.415 e. The summed E-state index contributed by atoms with van der Waals surface area (Å²) >= 11 is 5.24. The van der Waals surface area contributed by atoms with Gasteiger partial charge in [0.1, 0.15) is 0 Å². The van der Waals surface area contributed by atoms with Gasteiger partial charge in [0.15, 0.2) is 6.10 Å². The molecule has 0 N–H and O–H groups in total. The Morgan fingerprint density at radius 2 is 2.09 bits per heavy atom. The van der Waals surface area contributed by atoms with Crippen LogP contribution in [0.25, 0.3) is 0 Å². The molecule has 0 aromatic heterocycles. The molecule has 1 fully saturated rings. The monoisotopic (exact) mass is 208 g/mol. The molecule has 0 bridgehead atoms. The Morgan fingerprint density at radius 1 is 1.45 bits per heavy atom. The maximum Gasteiger partial charge on any atom is 0.415 e. The molecule has 1 heterocycles. The summed E-state index contributed by atoms with van der Waals surface area (Å²) in [5.41, 5.74) is 0. The van der Waals surface area contributed by atoms with Crippen LogP contribution in [0.2, 0.25) is 0 Å². The van der Waals surface area contributed by atoms with Crippen LogP contribution in [0.5, 0.6) is 0 Å². The molecule has 11 heavy (non-hydrogen) atoms. The minimum Gasteiger partial charge on any atom is -0.322 e. The summed E-state index contributed by atoms with van der Waals surface area (Å²) in [5, 5.41) is 0. The maximum atomic E-state index is 11.9. The van der Waals surface area contributed by atoms with Gasteiger partial charge in [0.25, 0.3) is 7.73 Å². The van der Waals surface area contributed by atoms with Crippen molar-refractivity contribution in [2.45, 2.75) is 18.7 Å². The summed E-state index contributed by atoms with van der Waals surface area (Å²) in [6.45, 7) is 0.0133.